The summed E-state index contributed by atoms with van der Waals surface area (Å²) in [5.74, 6) is 1.24. The monoisotopic (exact) mass is 316 g/mol. The second-order valence-corrected chi connectivity index (χ2v) is 6.44. The molecular formula is C19H16N4O. The van der Waals surface area contributed by atoms with Crippen LogP contribution in [0.5, 0.6) is 0 Å². The Morgan fingerprint density at radius 1 is 1.04 bits per heavy atom. The molecule has 5 rings (SSSR count). The van der Waals surface area contributed by atoms with Crippen molar-refractivity contribution in [2.75, 3.05) is 0 Å². The molecule has 1 N–H and O–H groups in total. The second-order valence-electron chi connectivity index (χ2n) is 6.44. The Labute approximate surface area is 138 Å². The molecule has 0 bridgehead atoms. The maximum absolute atomic E-state index is 5.56. The van der Waals surface area contributed by atoms with E-state index in [1.54, 1.807) is 0 Å². The molecule has 2 aromatic carbocycles. The highest BCUT2D eigenvalue weighted by molar-refractivity contribution is 5.90. The molecule has 0 amide bonds. The van der Waals surface area contributed by atoms with Gasteiger partial charge in [0.1, 0.15) is 0 Å². The molecule has 0 unspecified atom stereocenters. The maximum atomic E-state index is 5.56. The van der Waals surface area contributed by atoms with Crippen LogP contribution >= 0.6 is 0 Å². The molecule has 5 nitrogen and oxygen atoms in total. The first-order valence-electron chi connectivity index (χ1n) is 8.12. The summed E-state index contributed by atoms with van der Waals surface area (Å²) in [7, 11) is 0. The van der Waals surface area contributed by atoms with Crippen molar-refractivity contribution in [2.45, 2.75) is 25.2 Å². The summed E-state index contributed by atoms with van der Waals surface area (Å²) in [4.78, 5) is 4.69. The van der Waals surface area contributed by atoms with E-state index in [1.165, 1.54) is 11.1 Å². The first kappa shape index (κ1) is 13.5. The Morgan fingerprint density at radius 2 is 1.83 bits per heavy atom. The lowest BCUT2D eigenvalue weighted by molar-refractivity contribution is 0.417. The van der Waals surface area contributed by atoms with Crippen LogP contribution in [-0.2, 0) is 5.41 Å². The van der Waals surface area contributed by atoms with Gasteiger partial charge in [-0.1, -0.05) is 47.6 Å². The number of hydrogen-bond donors (Lipinski definition) is 1. The summed E-state index contributed by atoms with van der Waals surface area (Å²) in [5, 5.41) is 12.6. The summed E-state index contributed by atoms with van der Waals surface area (Å²) < 4.78 is 5.56. The van der Waals surface area contributed by atoms with Gasteiger partial charge in [0, 0.05) is 5.39 Å². The van der Waals surface area contributed by atoms with Gasteiger partial charge < -0.3 is 4.52 Å². The van der Waals surface area contributed by atoms with Crippen molar-refractivity contribution in [1.82, 2.24) is 20.3 Å². The van der Waals surface area contributed by atoms with E-state index in [9.17, 15) is 0 Å². The van der Waals surface area contributed by atoms with E-state index in [2.05, 4.69) is 46.5 Å². The number of nitrogens with zero attached hydrogens (tertiary/aromatic N) is 3. The highest BCUT2D eigenvalue weighted by Crippen LogP contribution is 2.53. The Hall–Kier alpha value is -2.95. The summed E-state index contributed by atoms with van der Waals surface area (Å²) in [6, 6.07) is 16.4. The second kappa shape index (κ2) is 4.77. The van der Waals surface area contributed by atoms with Gasteiger partial charge in [-0.05, 0) is 37.0 Å². The van der Waals surface area contributed by atoms with E-state index in [0.29, 0.717) is 11.6 Å². The number of H-pyrrole nitrogens is 1. The largest absolute Gasteiger partial charge is 0.332 e. The zero-order chi connectivity index (χ0) is 16.1. The van der Waals surface area contributed by atoms with Crippen LogP contribution in [0.15, 0.2) is 53.1 Å². The molecule has 2 heterocycles. The molecule has 0 radical (unpaired) electrons. The molecule has 0 atom stereocenters. The molecule has 0 aliphatic heterocycles. The number of para-hydroxylation sites is 1. The van der Waals surface area contributed by atoms with Crippen LogP contribution < -0.4 is 0 Å². The number of fused-ring (bicyclic) bond motifs is 1. The van der Waals surface area contributed by atoms with Crippen LogP contribution in [0.1, 0.15) is 29.8 Å². The SMILES string of the molecule is Cc1ccccc1C1(c2noc(-c3n[nH]c4ccccc34)n2)CC1. The standard InChI is InChI=1S/C19H16N4O/c1-12-6-2-4-8-14(12)19(10-11-19)18-20-17(24-23-18)16-13-7-3-5-9-15(13)21-22-16/h2-9H,10-11H2,1H3,(H,21,22). The molecule has 5 heteroatoms. The van der Waals surface area contributed by atoms with E-state index in [0.717, 1.165) is 29.6 Å². The first-order chi connectivity index (χ1) is 11.8. The first-order valence-corrected chi connectivity index (χ1v) is 8.12. The lowest BCUT2D eigenvalue weighted by Gasteiger charge is -2.13. The third-order valence-electron chi connectivity index (χ3n) is 4.94. The number of hydrogen-bond acceptors (Lipinski definition) is 4. The van der Waals surface area contributed by atoms with Crippen molar-refractivity contribution in [3.63, 3.8) is 0 Å². The number of rotatable bonds is 3. The fourth-order valence-corrected chi connectivity index (χ4v) is 3.49. The average molecular weight is 316 g/mol. The number of aromatic nitrogens is 4. The van der Waals surface area contributed by atoms with Crippen LogP contribution in [0.25, 0.3) is 22.5 Å². The molecular weight excluding hydrogens is 300 g/mol. The van der Waals surface area contributed by atoms with Crippen LogP contribution in [0.4, 0.5) is 0 Å². The van der Waals surface area contributed by atoms with Gasteiger partial charge in [0.15, 0.2) is 11.5 Å². The van der Waals surface area contributed by atoms with Crippen molar-refractivity contribution in [3.05, 3.63) is 65.5 Å². The smallest absolute Gasteiger partial charge is 0.279 e. The Morgan fingerprint density at radius 3 is 2.67 bits per heavy atom. The highest BCUT2D eigenvalue weighted by Gasteiger charge is 2.50. The third kappa shape index (κ3) is 1.84. The van der Waals surface area contributed by atoms with E-state index in [4.69, 9.17) is 9.51 Å². The molecule has 1 saturated carbocycles. The molecule has 118 valence electrons. The van der Waals surface area contributed by atoms with Crippen molar-refractivity contribution >= 4 is 10.9 Å². The summed E-state index contributed by atoms with van der Waals surface area (Å²) in [5.41, 5.74) is 4.15. The van der Waals surface area contributed by atoms with Crippen LogP contribution in [0, 0.1) is 6.92 Å². The van der Waals surface area contributed by atoms with Gasteiger partial charge in [-0.15, -0.1) is 0 Å². The number of nitrogens with one attached hydrogen (secondary N) is 1. The van der Waals surface area contributed by atoms with Crippen molar-refractivity contribution in [1.29, 1.82) is 0 Å². The van der Waals surface area contributed by atoms with Crippen molar-refractivity contribution in [2.24, 2.45) is 0 Å². The predicted octanol–water partition coefficient (Wildman–Crippen LogP) is 4.00. The molecule has 24 heavy (non-hydrogen) atoms. The highest BCUT2D eigenvalue weighted by atomic mass is 16.5. The average Bonchev–Trinajstić information content (AvgIpc) is 3.07. The predicted molar refractivity (Wildman–Crippen MR) is 90.6 cm³/mol. The van der Waals surface area contributed by atoms with E-state index in [-0.39, 0.29) is 5.41 Å². The fraction of sp³-hybridized carbons (Fsp3) is 0.211. The molecule has 1 aliphatic rings. The number of benzene rings is 2. The van der Waals surface area contributed by atoms with E-state index < -0.39 is 0 Å². The Balaban J connectivity index is 1.60. The lowest BCUT2D eigenvalue weighted by Crippen LogP contribution is -2.12. The van der Waals surface area contributed by atoms with Gasteiger partial charge in [0.05, 0.1) is 10.9 Å². The maximum Gasteiger partial charge on any atom is 0.279 e. The van der Waals surface area contributed by atoms with Crippen LogP contribution in [0.3, 0.4) is 0 Å². The number of aryl methyl sites for hydroxylation is 1. The van der Waals surface area contributed by atoms with Gasteiger partial charge in [-0.25, -0.2) is 0 Å². The van der Waals surface area contributed by atoms with Gasteiger partial charge in [-0.2, -0.15) is 10.1 Å². The third-order valence-corrected chi connectivity index (χ3v) is 4.94. The zero-order valence-electron chi connectivity index (χ0n) is 13.3. The molecule has 1 aliphatic carbocycles. The van der Waals surface area contributed by atoms with E-state index in [1.807, 2.05) is 24.3 Å². The Bertz CT molecular complexity index is 1040. The summed E-state index contributed by atoms with van der Waals surface area (Å²) in [6.07, 6.45) is 2.11. The minimum atomic E-state index is -0.0980. The van der Waals surface area contributed by atoms with Gasteiger partial charge in [0.25, 0.3) is 5.89 Å². The minimum absolute atomic E-state index is 0.0980. The van der Waals surface area contributed by atoms with Crippen LogP contribution in [0.2, 0.25) is 0 Å². The number of aromatic amines is 1. The summed E-state index contributed by atoms with van der Waals surface area (Å²) in [6.45, 7) is 2.14. The molecule has 0 spiro atoms. The zero-order valence-corrected chi connectivity index (χ0v) is 13.3. The molecule has 0 saturated heterocycles. The fourth-order valence-electron chi connectivity index (χ4n) is 3.49. The topological polar surface area (TPSA) is 67.6 Å². The quantitative estimate of drug-likeness (QED) is 0.620. The van der Waals surface area contributed by atoms with Gasteiger partial charge in [-0.3, -0.25) is 5.10 Å². The van der Waals surface area contributed by atoms with Crippen molar-refractivity contribution < 1.29 is 4.52 Å². The normalized spacial score (nSPS) is 15.7. The summed E-state index contributed by atoms with van der Waals surface area (Å²) >= 11 is 0. The van der Waals surface area contributed by atoms with Gasteiger partial charge >= 0.3 is 0 Å². The van der Waals surface area contributed by atoms with Gasteiger partial charge in [0.2, 0.25) is 0 Å². The minimum Gasteiger partial charge on any atom is -0.332 e. The molecule has 4 aromatic rings. The molecule has 2 aromatic heterocycles. The Kier molecular flexibility index (Phi) is 2.68. The molecule has 1 fully saturated rings. The van der Waals surface area contributed by atoms with E-state index >= 15 is 0 Å². The lowest BCUT2D eigenvalue weighted by atomic mass is 9.91. The van der Waals surface area contributed by atoms with Crippen LogP contribution in [-0.4, -0.2) is 20.3 Å². The van der Waals surface area contributed by atoms with Crippen molar-refractivity contribution in [3.8, 4) is 11.6 Å².